The molecule has 5 nitrogen and oxygen atoms in total. The monoisotopic (exact) mass is 396 g/mol. The van der Waals surface area contributed by atoms with Crippen LogP contribution in [0.3, 0.4) is 0 Å². The molecule has 1 unspecified atom stereocenters. The first-order valence-corrected chi connectivity index (χ1v) is 10.2. The number of alkyl halides is 3. The van der Waals surface area contributed by atoms with E-state index in [9.17, 15) is 21.6 Å². The summed E-state index contributed by atoms with van der Waals surface area (Å²) in [6, 6.07) is -0.787. The van der Waals surface area contributed by atoms with E-state index in [0.717, 1.165) is 37.7 Å². The highest BCUT2D eigenvalue weighted by Crippen LogP contribution is 2.38. The van der Waals surface area contributed by atoms with Crippen LogP contribution in [0.15, 0.2) is 6.20 Å². The first kappa shape index (κ1) is 22.7. The minimum Gasteiger partial charge on any atom is -0.337 e. The van der Waals surface area contributed by atoms with Crippen LogP contribution in [0, 0.1) is 0 Å². The molecule has 1 aromatic heterocycles. The predicted molar refractivity (Wildman–Crippen MR) is 93.5 cm³/mol. The van der Waals surface area contributed by atoms with Crippen molar-refractivity contribution in [1.29, 1.82) is 0 Å². The van der Waals surface area contributed by atoms with Crippen LogP contribution in [0.25, 0.3) is 0 Å². The molecule has 0 fully saturated rings. The molecule has 0 radical (unpaired) electrons. The Morgan fingerprint density at radius 2 is 1.73 bits per heavy atom. The fraction of sp³-hybridized carbons (Fsp3) is 0.765. The second-order valence-electron chi connectivity index (χ2n) is 6.60. The molecule has 0 aliphatic rings. The van der Waals surface area contributed by atoms with Crippen LogP contribution in [0.1, 0.15) is 83.9 Å². The quantitative estimate of drug-likeness (QED) is 0.430. The fourth-order valence-electron chi connectivity index (χ4n) is 2.85. The van der Waals surface area contributed by atoms with E-state index in [0.29, 0.717) is 5.69 Å². The number of hydrogen-bond donors (Lipinski definition) is 0. The van der Waals surface area contributed by atoms with Crippen LogP contribution >= 0.6 is 0 Å². The molecule has 0 aromatic carbocycles. The molecule has 0 spiro atoms. The molecular formula is C17H27F3N2O3S. The molecular weight excluding hydrogens is 369 g/mol. The van der Waals surface area contributed by atoms with E-state index < -0.39 is 21.6 Å². The number of rotatable bonds is 9. The number of hydrogen-bond acceptors (Lipinski definition) is 5. The van der Waals surface area contributed by atoms with Crippen molar-refractivity contribution in [3.63, 3.8) is 0 Å². The minimum atomic E-state index is -5.80. The summed E-state index contributed by atoms with van der Waals surface area (Å²) in [7, 11) is -5.80. The number of halogens is 3. The molecule has 150 valence electrons. The Morgan fingerprint density at radius 3 is 2.15 bits per heavy atom. The molecule has 1 aromatic rings. The summed E-state index contributed by atoms with van der Waals surface area (Å²) in [5, 5.41) is 0. The van der Waals surface area contributed by atoms with Crippen molar-refractivity contribution in [2.24, 2.45) is 0 Å². The van der Waals surface area contributed by atoms with E-state index in [-0.39, 0.29) is 11.3 Å². The Kier molecular flexibility index (Phi) is 7.44. The van der Waals surface area contributed by atoms with Gasteiger partial charge in [-0.1, -0.05) is 41.0 Å². The highest BCUT2D eigenvalue weighted by atomic mass is 32.2. The maximum atomic E-state index is 12.6. The Hall–Kier alpha value is -1.38. The van der Waals surface area contributed by atoms with Gasteiger partial charge in [-0.05, 0) is 36.7 Å². The molecule has 0 aliphatic heterocycles. The summed E-state index contributed by atoms with van der Waals surface area (Å²) < 4.78 is 64.4. The van der Waals surface area contributed by atoms with Gasteiger partial charge in [-0.15, -0.1) is 0 Å². The normalized spacial score (nSPS) is 14.3. The lowest BCUT2D eigenvalue weighted by Gasteiger charge is -2.31. The van der Waals surface area contributed by atoms with Crippen LogP contribution in [0.2, 0.25) is 0 Å². The van der Waals surface area contributed by atoms with Gasteiger partial charge < -0.3 is 4.18 Å². The third-order valence-corrected chi connectivity index (χ3v) is 5.93. The Labute approximate surface area is 153 Å². The molecule has 0 amide bonds. The number of aromatic nitrogens is 2. The maximum absolute atomic E-state index is 12.6. The van der Waals surface area contributed by atoms with E-state index >= 15 is 0 Å². The van der Waals surface area contributed by atoms with E-state index in [2.05, 4.69) is 14.2 Å². The van der Waals surface area contributed by atoms with Crippen LogP contribution in [0.5, 0.6) is 6.01 Å². The van der Waals surface area contributed by atoms with Gasteiger partial charge in [0, 0.05) is 12.1 Å². The van der Waals surface area contributed by atoms with E-state index in [1.54, 1.807) is 0 Å². The third-order valence-electron chi connectivity index (χ3n) is 4.99. The predicted octanol–water partition coefficient (Wildman–Crippen LogP) is 5.08. The highest BCUT2D eigenvalue weighted by Gasteiger charge is 2.49. The van der Waals surface area contributed by atoms with Crippen molar-refractivity contribution in [2.75, 3.05) is 0 Å². The molecule has 0 saturated carbocycles. The Morgan fingerprint density at radius 1 is 1.15 bits per heavy atom. The third kappa shape index (κ3) is 4.86. The molecule has 0 bridgehead atoms. The number of nitrogens with zero attached hydrogens (tertiary/aromatic N) is 2. The largest absolute Gasteiger partial charge is 0.534 e. The van der Waals surface area contributed by atoms with Crippen LogP contribution < -0.4 is 4.18 Å². The van der Waals surface area contributed by atoms with E-state index in [1.165, 1.54) is 6.20 Å². The zero-order valence-electron chi connectivity index (χ0n) is 15.9. The van der Waals surface area contributed by atoms with Gasteiger partial charge in [0.25, 0.3) is 0 Å². The smallest absolute Gasteiger partial charge is 0.337 e. The van der Waals surface area contributed by atoms with Gasteiger partial charge in [-0.2, -0.15) is 26.6 Å². The summed E-state index contributed by atoms with van der Waals surface area (Å²) in [4.78, 5) is 7.88. The average Bonchev–Trinajstić information content (AvgIpc) is 2.57. The topological polar surface area (TPSA) is 69.2 Å². The van der Waals surface area contributed by atoms with Crippen molar-refractivity contribution < 1.29 is 25.8 Å². The van der Waals surface area contributed by atoms with Crippen molar-refractivity contribution in [3.8, 4) is 6.01 Å². The van der Waals surface area contributed by atoms with Gasteiger partial charge in [0.1, 0.15) is 0 Å². The molecule has 1 atom stereocenters. The molecule has 1 heterocycles. The fourth-order valence-corrected chi connectivity index (χ4v) is 3.22. The van der Waals surface area contributed by atoms with Crippen molar-refractivity contribution in [2.45, 2.75) is 83.6 Å². The maximum Gasteiger partial charge on any atom is 0.534 e. The zero-order valence-corrected chi connectivity index (χ0v) is 16.7. The Bertz CT molecular complexity index is 702. The Balaban J connectivity index is 3.49. The minimum absolute atomic E-state index is 0.00799. The van der Waals surface area contributed by atoms with Crippen molar-refractivity contribution >= 4 is 10.1 Å². The summed E-state index contributed by atoms with van der Waals surface area (Å²) >= 11 is 0. The lowest BCUT2D eigenvalue weighted by molar-refractivity contribution is -0.0503. The summed E-state index contributed by atoms with van der Waals surface area (Å²) in [5.41, 5.74) is -4.37. The summed E-state index contributed by atoms with van der Waals surface area (Å²) in [5.74, 6) is -0.00799. The van der Waals surface area contributed by atoms with Gasteiger partial charge in [0.05, 0.1) is 5.69 Å². The molecule has 9 heteroatoms. The molecule has 0 saturated heterocycles. The van der Waals surface area contributed by atoms with Gasteiger partial charge in [0.2, 0.25) is 0 Å². The molecule has 0 aliphatic carbocycles. The van der Waals surface area contributed by atoms with Crippen molar-refractivity contribution in [1.82, 2.24) is 9.97 Å². The second kappa shape index (κ2) is 8.54. The van der Waals surface area contributed by atoms with Gasteiger partial charge >= 0.3 is 21.6 Å². The first-order chi connectivity index (χ1) is 12.0. The highest BCUT2D eigenvalue weighted by molar-refractivity contribution is 7.87. The van der Waals surface area contributed by atoms with Gasteiger partial charge in [-0.25, -0.2) is 4.98 Å². The summed E-state index contributed by atoms with van der Waals surface area (Å²) in [6.45, 7) is 10.1. The second-order valence-corrected chi connectivity index (χ2v) is 8.13. The lowest BCUT2D eigenvalue weighted by atomic mass is 9.75. The lowest BCUT2D eigenvalue weighted by Crippen LogP contribution is -2.29. The van der Waals surface area contributed by atoms with Crippen LogP contribution in [-0.2, 0) is 15.5 Å². The molecule has 26 heavy (non-hydrogen) atoms. The van der Waals surface area contributed by atoms with Crippen molar-refractivity contribution in [3.05, 3.63) is 17.5 Å². The standard InChI is InChI=1S/C17H27F3N2O3S/c1-6-10-12(7-2)14-13(16(5,8-3)9-4)11-21-15(22-14)25-26(23,24)17(18,19)20/h11-12H,6-10H2,1-5H3. The van der Waals surface area contributed by atoms with Crippen LogP contribution in [-0.4, -0.2) is 23.9 Å². The first-order valence-electron chi connectivity index (χ1n) is 8.83. The average molecular weight is 396 g/mol. The summed E-state index contributed by atoms with van der Waals surface area (Å²) in [6.07, 6.45) is 5.39. The molecule has 1 rings (SSSR count). The zero-order chi connectivity index (χ0) is 20.2. The van der Waals surface area contributed by atoms with Gasteiger partial charge in [-0.3, -0.25) is 0 Å². The van der Waals surface area contributed by atoms with Gasteiger partial charge in [0.15, 0.2) is 0 Å². The SMILES string of the molecule is CCCC(CC)c1nc(OS(=O)(=O)C(F)(F)F)ncc1C(C)(CC)CC. The van der Waals surface area contributed by atoms with E-state index in [1.807, 2.05) is 34.6 Å². The van der Waals surface area contributed by atoms with Crippen LogP contribution in [0.4, 0.5) is 13.2 Å². The molecule has 0 N–H and O–H groups in total. The van der Waals surface area contributed by atoms with E-state index in [4.69, 9.17) is 0 Å².